The van der Waals surface area contributed by atoms with Crippen molar-refractivity contribution < 1.29 is 27.6 Å². The summed E-state index contributed by atoms with van der Waals surface area (Å²) in [6, 6.07) is 12.1. The van der Waals surface area contributed by atoms with E-state index in [9.17, 15) is 27.6 Å². The summed E-state index contributed by atoms with van der Waals surface area (Å²) in [5.41, 5.74) is 4.88. The molecule has 2 aromatic carbocycles. The molecule has 1 aliphatic rings. The molecule has 0 aliphatic carbocycles. The van der Waals surface area contributed by atoms with Gasteiger partial charge in [0.25, 0.3) is 5.91 Å². The summed E-state index contributed by atoms with van der Waals surface area (Å²) >= 11 is 5.66. The van der Waals surface area contributed by atoms with E-state index in [2.05, 4.69) is 5.10 Å². The van der Waals surface area contributed by atoms with Crippen LogP contribution >= 0.6 is 11.6 Å². The largest absolute Gasteiger partial charge is 0.435 e. The van der Waals surface area contributed by atoms with Crippen molar-refractivity contribution in [2.24, 2.45) is 5.73 Å². The molecular weight excluding hydrogens is 499 g/mol. The molecule has 36 heavy (non-hydrogen) atoms. The minimum absolute atomic E-state index is 0.000614. The van der Waals surface area contributed by atoms with Gasteiger partial charge in [-0.15, -0.1) is 11.6 Å². The second kappa shape index (κ2) is 9.65. The van der Waals surface area contributed by atoms with Crippen LogP contribution in [0.3, 0.4) is 0 Å². The van der Waals surface area contributed by atoms with Crippen molar-refractivity contribution in [1.82, 2.24) is 9.78 Å². The highest BCUT2D eigenvalue weighted by atomic mass is 35.5. The highest BCUT2D eigenvalue weighted by molar-refractivity contribution is 6.29. The summed E-state index contributed by atoms with van der Waals surface area (Å²) in [6.07, 6.45) is -4.86. The van der Waals surface area contributed by atoms with Crippen LogP contribution in [-0.2, 0) is 17.4 Å². The van der Waals surface area contributed by atoms with E-state index in [4.69, 9.17) is 17.3 Å². The van der Waals surface area contributed by atoms with Gasteiger partial charge in [-0.1, -0.05) is 6.07 Å². The lowest BCUT2D eigenvalue weighted by Gasteiger charge is -2.28. The number of carbonyl (C=O) groups is 3. The van der Waals surface area contributed by atoms with Gasteiger partial charge in [-0.2, -0.15) is 18.3 Å². The lowest BCUT2D eigenvalue weighted by molar-refractivity contribution is -0.142. The lowest BCUT2D eigenvalue weighted by Crippen LogP contribution is -2.39. The second-order valence-electron chi connectivity index (χ2n) is 7.99. The number of benzene rings is 2. The van der Waals surface area contributed by atoms with Crippen molar-refractivity contribution in [1.29, 1.82) is 0 Å². The van der Waals surface area contributed by atoms with Gasteiger partial charge in [0.1, 0.15) is 11.6 Å². The first-order valence-corrected chi connectivity index (χ1v) is 11.5. The standard InChI is InChI=1S/C24H21ClF3N5O3/c1-2-31(19(34)13-25)15-6-8-16(9-7-15)32-11-10-18-20(23(32)36)33(30-21(18)24(26,27)28)17-5-3-4-14(12-17)22(29)35/h3-9,12H,2,10-11,13H2,1H3,(H2,29,35). The molecule has 0 unspecified atom stereocenters. The molecule has 0 bridgehead atoms. The topological polar surface area (TPSA) is 102 Å². The monoisotopic (exact) mass is 519 g/mol. The summed E-state index contributed by atoms with van der Waals surface area (Å²) in [7, 11) is 0. The van der Waals surface area contributed by atoms with Gasteiger partial charge in [0.2, 0.25) is 11.8 Å². The summed E-state index contributed by atoms with van der Waals surface area (Å²) in [4.78, 5) is 40.0. The van der Waals surface area contributed by atoms with E-state index in [1.165, 1.54) is 34.1 Å². The molecule has 2 heterocycles. The lowest BCUT2D eigenvalue weighted by atomic mass is 10.0. The minimum Gasteiger partial charge on any atom is -0.366 e. The fourth-order valence-electron chi connectivity index (χ4n) is 4.20. The molecule has 4 rings (SSSR count). The number of rotatable bonds is 6. The van der Waals surface area contributed by atoms with Gasteiger partial charge < -0.3 is 15.5 Å². The molecule has 0 saturated heterocycles. The molecule has 0 spiro atoms. The summed E-state index contributed by atoms with van der Waals surface area (Å²) < 4.78 is 42.3. The van der Waals surface area contributed by atoms with E-state index in [0.29, 0.717) is 17.9 Å². The van der Waals surface area contributed by atoms with Gasteiger partial charge >= 0.3 is 6.18 Å². The number of hydrogen-bond acceptors (Lipinski definition) is 4. The number of nitrogens with two attached hydrogens (primary N) is 1. The van der Waals surface area contributed by atoms with E-state index in [-0.39, 0.29) is 47.3 Å². The zero-order chi connectivity index (χ0) is 26.2. The Labute approximate surface area is 209 Å². The number of amides is 3. The number of primary amides is 1. The molecule has 0 fully saturated rings. The van der Waals surface area contributed by atoms with Gasteiger partial charge in [-0.3, -0.25) is 14.4 Å². The summed E-state index contributed by atoms with van der Waals surface area (Å²) in [5, 5.41) is 3.72. The van der Waals surface area contributed by atoms with Crippen molar-refractivity contribution in [3.63, 3.8) is 0 Å². The smallest absolute Gasteiger partial charge is 0.366 e. The number of nitrogens with zero attached hydrogens (tertiary/aromatic N) is 4. The third kappa shape index (κ3) is 4.53. The number of carbonyl (C=O) groups excluding carboxylic acids is 3. The first kappa shape index (κ1) is 25.2. The summed E-state index contributed by atoms with van der Waals surface area (Å²) in [5.74, 6) is -1.92. The molecule has 1 aromatic heterocycles. The SMILES string of the molecule is CCN(C(=O)CCl)c1ccc(N2CCc3c(C(F)(F)F)nn(-c4cccc(C(N)=O)c4)c3C2=O)cc1. The van der Waals surface area contributed by atoms with Crippen LogP contribution in [0.5, 0.6) is 0 Å². The maximum Gasteiger partial charge on any atom is 0.435 e. The Morgan fingerprint density at radius 1 is 1.14 bits per heavy atom. The number of anilines is 2. The van der Waals surface area contributed by atoms with Crippen LogP contribution in [0, 0.1) is 0 Å². The average Bonchev–Trinajstić information content (AvgIpc) is 3.26. The maximum atomic E-state index is 13.8. The number of halogens is 4. The first-order valence-electron chi connectivity index (χ1n) is 10.9. The molecule has 2 N–H and O–H groups in total. The van der Waals surface area contributed by atoms with Crippen molar-refractivity contribution in [2.45, 2.75) is 19.5 Å². The third-order valence-corrected chi connectivity index (χ3v) is 6.09. The zero-order valence-electron chi connectivity index (χ0n) is 19.1. The number of alkyl halides is 4. The minimum atomic E-state index is -4.78. The number of aromatic nitrogens is 2. The number of fused-ring (bicyclic) bond motifs is 1. The van der Waals surface area contributed by atoms with Crippen molar-refractivity contribution in [3.05, 3.63) is 71.0 Å². The van der Waals surface area contributed by atoms with Crippen molar-refractivity contribution in [2.75, 3.05) is 28.8 Å². The molecule has 8 nitrogen and oxygen atoms in total. The highest BCUT2D eigenvalue weighted by Crippen LogP contribution is 2.37. The normalized spacial score (nSPS) is 13.5. The van der Waals surface area contributed by atoms with Gasteiger partial charge in [0.05, 0.1) is 5.69 Å². The molecule has 3 amide bonds. The fraction of sp³-hybridized carbons (Fsp3) is 0.250. The average molecular weight is 520 g/mol. The predicted molar refractivity (Wildman–Crippen MR) is 128 cm³/mol. The quantitative estimate of drug-likeness (QED) is 0.501. The summed E-state index contributed by atoms with van der Waals surface area (Å²) in [6.45, 7) is 2.18. The fourth-order valence-corrected chi connectivity index (χ4v) is 4.34. The van der Waals surface area contributed by atoms with Crippen LogP contribution in [0.4, 0.5) is 24.5 Å². The Kier molecular flexibility index (Phi) is 6.77. The molecule has 3 aromatic rings. The molecule has 188 valence electrons. The maximum absolute atomic E-state index is 13.8. The highest BCUT2D eigenvalue weighted by Gasteiger charge is 2.43. The van der Waals surface area contributed by atoms with Crippen LogP contribution in [0.15, 0.2) is 48.5 Å². The Hall–Kier alpha value is -3.86. The van der Waals surface area contributed by atoms with Crippen LogP contribution in [0.25, 0.3) is 5.69 Å². The van der Waals surface area contributed by atoms with E-state index >= 15 is 0 Å². The van der Waals surface area contributed by atoms with Crippen LogP contribution < -0.4 is 15.5 Å². The Balaban J connectivity index is 1.76. The molecule has 12 heteroatoms. The van der Waals surface area contributed by atoms with E-state index in [1.54, 1.807) is 31.2 Å². The predicted octanol–water partition coefficient (Wildman–Crippen LogP) is 3.78. The number of hydrogen-bond donors (Lipinski definition) is 1. The van der Waals surface area contributed by atoms with Crippen LogP contribution in [0.1, 0.15) is 39.0 Å². The first-order chi connectivity index (χ1) is 17.1. The van der Waals surface area contributed by atoms with Gasteiger partial charge in [0, 0.05) is 35.6 Å². The molecule has 1 aliphatic heterocycles. The van der Waals surface area contributed by atoms with E-state index in [1.807, 2.05) is 0 Å². The Morgan fingerprint density at radius 3 is 2.42 bits per heavy atom. The van der Waals surface area contributed by atoms with Gasteiger partial charge in [-0.25, -0.2) is 4.68 Å². The van der Waals surface area contributed by atoms with Crippen LogP contribution in [0.2, 0.25) is 0 Å². The van der Waals surface area contributed by atoms with Crippen molar-refractivity contribution >= 4 is 40.7 Å². The van der Waals surface area contributed by atoms with Gasteiger partial charge in [-0.05, 0) is 55.8 Å². The second-order valence-corrected chi connectivity index (χ2v) is 8.26. The van der Waals surface area contributed by atoms with E-state index in [0.717, 1.165) is 4.68 Å². The van der Waals surface area contributed by atoms with Gasteiger partial charge in [0.15, 0.2) is 5.69 Å². The van der Waals surface area contributed by atoms with Crippen molar-refractivity contribution in [3.8, 4) is 5.69 Å². The molecular formula is C24H21ClF3N5O3. The third-order valence-electron chi connectivity index (χ3n) is 5.87. The Morgan fingerprint density at radius 2 is 1.83 bits per heavy atom. The van der Waals surface area contributed by atoms with Crippen LogP contribution in [-0.4, -0.2) is 46.5 Å². The molecule has 0 radical (unpaired) electrons. The zero-order valence-corrected chi connectivity index (χ0v) is 19.8. The molecule has 0 saturated carbocycles. The van der Waals surface area contributed by atoms with E-state index < -0.39 is 23.7 Å². The molecule has 0 atom stereocenters. The Bertz CT molecular complexity index is 1340.